The molecule has 0 saturated heterocycles. The first-order chi connectivity index (χ1) is 8.50. The molecule has 1 rings (SSSR count). The van der Waals surface area contributed by atoms with Gasteiger partial charge in [-0.1, -0.05) is 19.9 Å². The lowest BCUT2D eigenvalue weighted by Gasteiger charge is -2.12. The number of nitrogens with two attached hydrogens (primary N) is 1. The van der Waals surface area contributed by atoms with Gasteiger partial charge in [0.15, 0.2) is 0 Å². The fourth-order valence-corrected chi connectivity index (χ4v) is 1.96. The largest absolute Gasteiger partial charge is 0.490 e. The third-order valence-electron chi connectivity index (χ3n) is 2.42. The molecule has 4 heteroatoms. The third-order valence-corrected chi connectivity index (χ3v) is 3.04. The second-order valence-electron chi connectivity index (χ2n) is 4.80. The number of hydrogen-bond acceptors (Lipinski definition) is 3. The van der Waals surface area contributed by atoms with Crippen molar-refractivity contribution in [2.75, 3.05) is 19.8 Å². The van der Waals surface area contributed by atoms with Crippen molar-refractivity contribution in [2.24, 2.45) is 11.7 Å². The van der Waals surface area contributed by atoms with Gasteiger partial charge >= 0.3 is 0 Å². The molecule has 2 N–H and O–H groups in total. The highest BCUT2D eigenvalue weighted by Gasteiger charge is 2.05. The molecule has 0 aromatic heterocycles. The van der Waals surface area contributed by atoms with Gasteiger partial charge in [0.05, 0.1) is 11.1 Å². The molecule has 0 fully saturated rings. The quantitative estimate of drug-likeness (QED) is 0.783. The summed E-state index contributed by atoms with van der Waals surface area (Å²) in [6.07, 6.45) is 0. The monoisotopic (exact) mass is 315 g/mol. The third kappa shape index (κ3) is 5.38. The van der Waals surface area contributed by atoms with Crippen molar-refractivity contribution >= 4 is 15.9 Å². The van der Waals surface area contributed by atoms with Gasteiger partial charge in [-0.25, -0.2) is 0 Å². The Morgan fingerprint density at radius 2 is 1.94 bits per heavy atom. The Hall–Kier alpha value is -0.580. The van der Waals surface area contributed by atoms with Crippen molar-refractivity contribution in [3.05, 3.63) is 28.2 Å². The van der Waals surface area contributed by atoms with Crippen LogP contribution in [0.15, 0.2) is 22.7 Å². The molecule has 0 aliphatic carbocycles. The summed E-state index contributed by atoms with van der Waals surface area (Å²) in [6, 6.07) is 5.95. The second-order valence-corrected chi connectivity index (χ2v) is 5.65. The number of hydrogen-bond donors (Lipinski definition) is 1. The Balaban J connectivity index is 2.39. The summed E-state index contributed by atoms with van der Waals surface area (Å²) in [6.45, 7) is 8.16. The zero-order chi connectivity index (χ0) is 13.5. The van der Waals surface area contributed by atoms with Gasteiger partial charge in [-0.3, -0.25) is 0 Å². The van der Waals surface area contributed by atoms with E-state index >= 15 is 0 Å². The molecule has 0 bridgehead atoms. The van der Waals surface area contributed by atoms with Crippen LogP contribution in [0.5, 0.6) is 5.75 Å². The fourth-order valence-electron chi connectivity index (χ4n) is 1.45. The smallest absolute Gasteiger partial charge is 0.133 e. The van der Waals surface area contributed by atoms with Crippen molar-refractivity contribution in [3.8, 4) is 5.75 Å². The molecular weight excluding hydrogens is 294 g/mol. The van der Waals surface area contributed by atoms with E-state index in [4.69, 9.17) is 15.2 Å². The van der Waals surface area contributed by atoms with Crippen LogP contribution in [0.3, 0.4) is 0 Å². The van der Waals surface area contributed by atoms with Gasteiger partial charge in [-0.2, -0.15) is 0 Å². The zero-order valence-electron chi connectivity index (χ0n) is 11.3. The number of ether oxygens (including phenoxy) is 2. The molecule has 0 spiro atoms. The van der Waals surface area contributed by atoms with E-state index in [2.05, 4.69) is 29.8 Å². The predicted octanol–water partition coefficient (Wildman–Crippen LogP) is 3.52. The number of benzene rings is 1. The van der Waals surface area contributed by atoms with Gasteiger partial charge < -0.3 is 15.2 Å². The molecule has 0 unspecified atom stereocenters. The van der Waals surface area contributed by atoms with Gasteiger partial charge in [0.25, 0.3) is 0 Å². The first kappa shape index (κ1) is 15.5. The predicted molar refractivity (Wildman–Crippen MR) is 77.9 cm³/mol. The standard InChI is InChI=1S/C14H22BrNO2/c1-10(2)9-17-6-7-18-14-5-4-12(11(3)16)8-13(14)15/h4-5,8,10-11H,6-7,9,16H2,1-3H3/t11-/m1/s1. The Bertz CT molecular complexity index is 367. The highest BCUT2D eigenvalue weighted by Crippen LogP contribution is 2.27. The van der Waals surface area contributed by atoms with Gasteiger partial charge in [-0.15, -0.1) is 0 Å². The molecule has 3 nitrogen and oxygen atoms in total. The summed E-state index contributed by atoms with van der Waals surface area (Å²) >= 11 is 3.49. The van der Waals surface area contributed by atoms with E-state index in [1.54, 1.807) is 0 Å². The molecule has 1 aromatic carbocycles. The molecule has 1 aromatic rings. The highest BCUT2D eigenvalue weighted by atomic mass is 79.9. The van der Waals surface area contributed by atoms with Crippen molar-refractivity contribution < 1.29 is 9.47 Å². The highest BCUT2D eigenvalue weighted by molar-refractivity contribution is 9.10. The average Bonchev–Trinajstić information content (AvgIpc) is 2.29. The molecular formula is C14H22BrNO2. The summed E-state index contributed by atoms with van der Waals surface area (Å²) in [4.78, 5) is 0. The minimum Gasteiger partial charge on any atom is -0.490 e. The summed E-state index contributed by atoms with van der Waals surface area (Å²) in [7, 11) is 0. The van der Waals surface area contributed by atoms with E-state index in [1.807, 2.05) is 25.1 Å². The Labute approximate surface area is 118 Å². The zero-order valence-corrected chi connectivity index (χ0v) is 12.9. The Morgan fingerprint density at radius 1 is 1.22 bits per heavy atom. The fraction of sp³-hybridized carbons (Fsp3) is 0.571. The lowest BCUT2D eigenvalue weighted by molar-refractivity contribution is 0.0817. The first-order valence-corrected chi connectivity index (χ1v) is 7.05. The van der Waals surface area contributed by atoms with E-state index in [1.165, 1.54) is 0 Å². The Morgan fingerprint density at radius 3 is 2.50 bits per heavy atom. The normalized spacial score (nSPS) is 12.8. The van der Waals surface area contributed by atoms with E-state index in [0.29, 0.717) is 19.1 Å². The van der Waals surface area contributed by atoms with Gasteiger partial charge in [0.1, 0.15) is 12.4 Å². The molecule has 102 valence electrons. The molecule has 1 atom stereocenters. The summed E-state index contributed by atoms with van der Waals surface area (Å²) in [5, 5.41) is 0. The molecule has 0 amide bonds. The van der Waals surface area contributed by atoms with Gasteiger partial charge in [-0.05, 0) is 46.5 Å². The summed E-state index contributed by atoms with van der Waals surface area (Å²) < 4.78 is 12.0. The van der Waals surface area contributed by atoms with E-state index < -0.39 is 0 Å². The maximum absolute atomic E-state index is 5.82. The van der Waals surface area contributed by atoms with E-state index in [9.17, 15) is 0 Å². The topological polar surface area (TPSA) is 44.5 Å². The van der Waals surface area contributed by atoms with Crippen molar-refractivity contribution in [3.63, 3.8) is 0 Å². The summed E-state index contributed by atoms with van der Waals surface area (Å²) in [5.41, 5.74) is 6.91. The minimum atomic E-state index is 0.0322. The van der Waals surface area contributed by atoms with Crippen LogP contribution in [0, 0.1) is 5.92 Å². The molecule has 0 aliphatic rings. The van der Waals surface area contributed by atoms with E-state index in [-0.39, 0.29) is 6.04 Å². The average molecular weight is 316 g/mol. The van der Waals surface area contributed by atoms with Crippen LogP contribution in [0.1, 0.15) is 32.4 Å². The van der Waals surface area contributed by atoms with Crippen molar-refractivity contribution in [1.82, 2.24) is 0 Å². The van der Waals surface area contributed by atoms with Crippen molar-refractivity contribution in [2.45, 2.75) is 26.8 Å². The molecule has 0 heterocycles. The summed E-state index contributed by atoms with van der Waals surface area (Å²) in [5.74, 6) is 1.38. The lowest BCUT2D eigenvalue weighted by Crippen LogP contribution is -2.10. The Kier molecular flexibility index (Phi) is 6.68. The van der Waals surface area contributed by atoms with Crippen LogP contribution in [0.4, 0.5) is 0 Å². The van der Waals surface area contributed by atoms with Crippen LogP contribution in [0.2, 0.25) is 0 Å². The van der Waals surface area contributed by atoms with Crippen LogP contribution in [-0.4, -0.2) is 19.8 Å². The molecule has 0 aliphatic heterocycles. The lowest BCUT2D eigenvalue weighted by atomic mass is 10.1. The van der Waals surface area contributed by atoms with Crippen LogP contribution < -0.4 is 10.5 Å². The second kappa shape index (κ2) is 7.77. The first-order valence-electron chi connectivity index (χ1n) is 6.26. The SMILES string of the molecule is CC(C)COCCOc1ccc([C@@H](C)N)cc1Br. The van der Waals surface area contributed by atoms with Gasteiger partial charge in [0.2, 0.25) is 0 Å². The number of halogens is 1. The van der Waals surface area contributed by atoms with Crippen LogP contribution in [-0.2, 0) is 4.74 Å². The molecule has 0 radical (unpaired) electrons. The molecule has 18 heavy (non-hydrogen) atoms. The minimum absolute atomic E-state index is 0.0322. The maximum atomic E-state index is 5.82. The maximum Gasteiger partial charge on any atom is 0.133 e. The molecule has 0 saturated carbocycles. The van der Waals surface area contributed by atoms with Crippen molar-refractivity contribution in [1.29, 1.82) is 0 Å². The van der Waals surface area contributed by atoms with E-state index in [0.717, 1.165) is 22.4 Å². The number of rotatable bonds is 7. The van der Waals surface area contributed by atoms with Gasteiger partial charge in [0, 0.05) is 12.6 Å². The van der Waals surface area contributed by atoms with Crippen LogP contribution in [0.25, 0.3) is 0 Å². The van der Waals surface area contributed by atoms with Crippen LogP contribution >= 0.6 is 15.9 Å².